The molecule has 0 saturated heterocycles. The molecule has 0 radical (unpaired) electrons. The zero-order chi connectivity index (χ0) is 19.8. The van der Waals surface area contributed by atoms with Crippen molar-refractivity contribution in [3.8, 4) is 0 Å². The number of carbonyl (C=O) groups is 2. The number of imide groups is 1. The van der Waals surface area contributed by atoms with E-state index in [0.29, 0.717) is 13.1 Å². The van der Waals surface area contributed by atoms with Crippen molar-refractivity contribution < 1.29 is 9.59 Å². The van der Waals surface area contributed by atoms with Gasteiger partial charge in [-0.1, -0.05) is 41.6 Å². The number of urea groups is 1. The lowest BCUT2D eigenvalue weighted by molar-refractivity contribution is -0.117. The van der Waals surface area contributed by atoms with Crippen LogP contribution < -0.4 is 10.6 Å². The first-order valence-electron chi connectivity index (χ1n) is 9.62. The smallest absolute Gasteiger partial charge is 0.321 e. The molecule has 1 aromatic carbocycles. The number of thioether (sulfide) groups is 1. The summed E-state index contributed by atoms with van der Waals surface area (Å²) in [6.07, 6.45) is 9.64. The maximum Gasteiger partial charge on any atom is 0.321 e. The van der Waals surface area contributed by atoms with E-state index in [1.54, 1.807) is 6.08 Å². The Morgan fingerprint density at radius 2 is 2.14 bits per heavy atom. The van der Waals surface area contributed by atoms with Crippen LogP contribution >= 0.6 is 11.8 Å². The molecular weight excluding hydrogens is 372 g/mol. The van der Waals surface area contributed by atoms with E-state index in [1.807, 2.05) is 28.8 Å². The van der Waals surface area contributed by atoms with Crippen LogP contribution in [0.3, 0.4) is 0 Å². The molecule has 3 amide bonds. The van der Waals surface area contributed by atoms with Gasteiger partial charge in [0.1, 0.15) is 0 Å². The number of carbonyl (C=O) groups excluding carboxylic acids is 2. The number of imidazole rings is 1. The molecular formula is C21H26N4O2S. The van der Waals surface area contributed by atoms with Crippen molar-refractivity contribution in [2.45, 2.75) is 43.8 Å². The number of para-hydroxylation sites is 2. The Labute approximate surface area is 169 Å². The van der Waals surface area contributed by atoms with Crippen LogP contribution in [0, 0.1) is 0 Å². The summed E-state index contributed by atoms with van der Waals surface area (Å²) < 4.78 is 2.01. The van der Waals surface area contributed by atoms with E-state index >= 15 is 0 Å². The number of hydrogen-bond donors (Lipinski definition) is 2. The number of aromatic nitrogens is 2. The zero-order valence-corrected chi connectivity index (χ0v) is 16.8. The highest BCUT2D eigenvalue weighted by atomic mass is 32.2. The van der Waals surface area contributed by atoms with Gasteiger partial charge in [-0.25, -0.2) is 9.78 Å². The number of hydrogen-bond acceptors (Lipinski definition) is 4. The van der Waals surface area contributed by atoms with Gasteiger partial charge in [-0.15, -0.1) is 6.58 Å². The SMILES string of the molecule is C=CCn1c(SCC(=O)NC(=O)NCCC2=CCCCC2)nc2ccccc21. The number of amides is 3. The maximum absolute atomic E-state index is 12.1. The highest BCUT2D eigenvalue weighted by Gasteiger charge is 2.13. The highest BCUT2D eigenvalue weighted by molar-refractivity contribution is 7.99. The van der Waals surface area contributed by atoms with Gasteiger partial charge in [0.05, 0.1) is 16.8 Å². The van der Waals surface area contributed by atoms with E-state index in [2.05, 4.69) is 28.3 Å². The summed E-state index contributed by atoms with van der Waals surface area (Å²) in [7, 11) is 0. The van der Waals surface area contributed by atoms with Gasteiger partial charge in [-0.05, 0) is 44.2 Å². The number of rotatable bonds is 8. The topological polar surface area (TPSA) is 76.0 Å². The first kappa shape index (κ1) is 20.2. The molecule has 2 N–H and O–H groups in total. The van der Waals surface area contributed by atoms with Crippen LogP contribution in [-0.4, -0.2) is 33.8 Å². The fraction of sp³-hybridized carbons (Fsp3) is 0.381. The number of nitrogens with one attached hydrogen (secondary N) is 2. The van der Waals surface area contributed by atoms with Gasteiger partial charge in [0.25, 0.3) is 0 Å². The molecule has 148 valence electrons. The molecule has 0 saturated carbocycles. The van der Waals surface area contributed by atoms with Gasteiger partial charge in [0.2, 0.25) is 5.91 Å². The molecule has 0 aliphatic heterocycles. The third-order valence-corrected chi connectivity index (χ3v) is 5.61. The molecule has 6 nitrogen and oxygen atoms in total. The van der Waals surface area contributed by atoms with E-state index < -0.39 is 6.03 Å². The predicted octanol–water partition coefficient (Wildman–Crippen LogP) is 4.03. The molecule has 0 fully saturated rings. The molecule has 1 aromatic heterocycles. The molecule has 7 heteroatoms. The summed E-state index contributed by atoms with van der Waals surface area (Å²) >= 11 is 1.31. The molecule has 0 bridgehead atoms. The summed E-state index contributed by atoms with van der Waals surface area (Å²) in [6.45, 7) is 4.95. The fourth-order valence-electron chi connectivity index (χ4n) is 3.27. The van der Waals surface area contributed by atoms with E-state index in [9.17, 15) is 9.59 Å². The van der Waals surface area contributed by atoms with Crippen molar-refractivity contribution in [3.05, 3.63) is 48.6 Å². The van der Waals surface area contributed by atoms with E-state index in [-0.39, 0.29) is 11.7 Å². The van der Waals surface area contributed by atoms with Gasteiger partial charge in [0, 0.05) is 13.1 Å². The minimum atomic E-state index is -0.443. The second-order valence-electron chi connectivity index (χ2n) is 6.73. The number of benzene rings is 1. The third-order valence-electron chi connectivity index (χ3n) is 4.63. The molecule has 1 heterocycles. The minimum absolute atomic E-state index is 0.124. The van der Waals surface area contributed by atoms with Crippen LogP contribution in [-0.2, 0) is 11.3 Å². The number of nitrogens with zero attached hydrogens (tertiary/aromatic N) is 2. The summed E-state index contributed by atoms with van der Waals surface area (Å²) in [6, 6.07) is 7.38. The lowest BCUT2D eigenvalue weighted by atomic mass is 9.97. The maximum atomic E-state index is 12.1. The van der Waals surface area contributed by atoms with Crippen LogP contribution in [0.15, 0.2) is 53.7 Å². The van der Waals surface area contributed by atoms with Crippen LogP contribution in [0.4, 0.5) is 4.79 Å². The molecule has 2 aromatic rings. The van der Waals surface area contributed by atoms with Crippen molar-refractivity contribution in [2.75, 3.05) is 12.3 Å². The Bertz CT molecular complexity index is 888. The van der Waals surface area contributed by atoms with Crippen LogP contribution in [0.1, 0.15) is 32.1 Å². The molecule has 3 rings (SSSR count). The van der Waals surface area contributed by atoms with E-state index in [1.165, 1.54) is 30.2 Å². The normalized spacial score (nSPS) is 13.8. The Hall–Kier alpha value is -2.54. The lowest BCUT2D eigenvalue weighted by Crippen LogP contribution is -2.40. The summed E-state index contributed by atoms with van der Waals surface area (Å²) in [5.74, 6) is -0.212. The van der Waals surface area contributed by atoms with E-state index in [0.717, 1.165) is 35.5 Å². The van der Waals surface area contributed by atoms with Gasteiger partial charge >= 0.3 is 6.03 Å². The molecule has 0 unspecified atom stereocenters. The standard InChI is InChI=1S/C21H26N4O2S/c1-2-14-25-18-11-7-6-10-17(18)23-21(25)28-15-19(26)24-20(27)22-13-12-16-8-4-3-5-9-16/h2,6-8,10-11H,1,3-5,9,12-15H2,(H2,22,24,26,27). The first-order chi connectivity index (χ1) is 13.7. The second kappa shape index (κ2) is 10.1. The lowest BCUT2D eigenvalue weighted by Gasteiger charge is -2.13. The van der Waals surface area contributed by atoms with Crippen LogP contribution in [0.5, 0.6) is 0 Å². The van der Waals surface area contributed by atoms with Crippen molar-refractivity contribution in [1.29, 1.82) is 0 Å². The van der Waals surface area contributed by atoms with Crippen molar-refractivity contribution >= 4 is 34.7 Å². The number of allylic oxidation sites excluding steroid dienone is 2. The predicted molar refractivity (Wildman–Crippen MR) is 113 cm³/mol. The van der Waals surface area contributed by atoms with Crippen LogP contribution in [0.2, 0.25) is 0 Å². The molecule has 0 spiro atoms. The summed E-state index contributed by atoms with van der Waals surface area (Å²) in [5, 5.41) is 5.88. The Morgan fingerprint density at radius 1 is 1.29 bits per heavy atom. The average Bonchev–Trinajstić information content (AvgIpc) is 3.05. The van der Waals surface area contributed by atoms with E-state index in [4.69, 9.17) is 0 Å². The Morgan fingerprint density at radius 3 is 2.93 bits per heavy atom. The van der Waals surface area contributed by atoms with Crippen molar-refractivity contribution in [2.24, 2.45) is 0 Å². The van der Waals surface area contributed by atoms with Crippen LogP contribution in [0.25, 0.3) is 11.0 Å². The zero-order valence-electron chi connectivity index (χ0n) is 15.9. The van der Waals surface area contributed by atoms with Gasteiger partial charge < -0.3 is 9.88 Å². The fourth-order valence-corrected chi connectivity index (χ4v) is 4.10. The van der Waals surface area contributed by atoms with Gasteiger partial charge in [0.15, 0.2) is 5.16 Å². The van der Waals surface area contributed by atoms with Crippen molar-refractivity contribution in [1.82, 2.24) is 20.2 Å². The molecule has 1 aliphatic carbocycles. The number of fused-ring (bicyclic) bond motifs is 1. The first-order valence-corrected chi connectivity index (χ1v) is 10.6. The molecule has 0 atom stereocenters. The van der Waals surface area contributed by atoms with Gasteiger partial charge in [-0.2, -0.15) is 0 Å². The average molecular weight is 399 g/mol. The molecule has 28 heavy (non-hydrogen) atoms. The monoisotopic (exact) mass is 398 g/mol. The quantitative estimate of drug-likeness (QED) is 0.520. The largest absolute Gasteiger partial charge is 0.337 e. The van der Waals surface area contributed by atoms with Gasteiger partial charge in [-0.3, -0.25) is 10.1 Å². The second-order valence-corrected chi connectivity index (χ2v) is 7.68. The summed E-state index contributed by atoms with van der Waals surface area (Å²) in [4.78, 5) is 28.6. The molecule has 1 aliphatic rings. The Kier molecular flexibility index (Phi) is 7.31. The Balaban J connectivity index is 1.46. The minimum Gasteiger partial charge on any atom is -0.337 e. The third kappa shape index (κ3) is 5.48. The van der Waals surface area contributed by atoms with Crippen molar-refractivity contribution in [3.63, 3.8) is 0 Å². The highest BCUT2D eigenvalue weighted by Crippen LogP contribution is 2.24. The summed E-state index contributed by atoms with van der Waals surface area (Å²) in [5.41, 5.74) is 3.27.